The molecule has 176 valence electrons. The summed E-state index contributed by atoms with van der Waals surface area (Å²) in [4.78, 5) is 49.9. The summed E-state index contributed by atoms with van der Waals surface area (Å²) in [6.07, 6.45) is 1.29. The van der Waals surface area contributed by atoms with E-state index < -0.39 is 29.6 Å². The van der Waals surface area contributed by atoms with E-state index >= 15 is 0 Å². The molecule has 4 amide bonds. The first-order valence-electron chi connectivity index (χ1n) is 10.1. The molecule has 1 aliphatic heterocycles. The number of carboxylic acids is 1. The number of benzene rings is 3. The summed E-state index contributed by atoms with van der Waals surface area (Å²) in [6.45, 7) is 0.0379. The van der Waals surface area contributed by atoms with Gasteiger partial charge in [-0.25, -0.2) is 18.9 Å². The molecule has 3 aromatic rings. The van der Waals surface area contributed by atoms with Crippen LogP contribution in [0.3, 0.4) is 0 Å². The fourth-order valence-corrected chi connectivity index (χ4v) is 3.73. The number of hydrogen-bond donors (Lipinski definition) is 2. The second kappa shape index (κ2) is 9.90. The van der Waals surface area contributed by atoms with Crippen LogP contribution in [0.4, 0.5) is 14.9 Å². The van der Waals surface area contributed by atoms with Crippen molar-refractivity contribution in [1.82, 2.24) is 5.32 Å². The zero-order chi connectivity index (χ0) is 25.1. The highest BCUT2D eigenvalue weighted by atomic mass is 79.9. The highest BCUT2D eigenvalue weighted by Crippen LogP contribution is 2.29. The number of carbonyl (C=O) groups is 4. The minimum atomic E-state index is -1.16. The first-order valence-corrected chi connectivity index (χ1v) is 10.9. The average molecular weight is 539 g/mol. The van der Waals surface area contributed by atoms with Gasteiger partial charge in [0, 0.05) is 10.0 Å². The molecule has 3 aromatic carbocycles. The van der Waals surface area contributed by atoms with Crippen LogP contribution in [-0.2, 0) is 16.2 Å². The molecule has 1 heterocycles. The molecule has 0 spiro atoms. The van der Waals surface area contributed by atoms with Crippen molar-refractivity contribution in [3.8, 4) is 5.75 Å². The summed E-state index contributed by atoms with van der Waals surface area (Å²) in [5.41, 5.74) is 0.678. The lowest BCUT2D eigenvalue weighted by molar-refractivity contribution is -0.122. The number of hydrogen-bond acceptors (Lipinski definition) is 5. The van der Waals surface area contributed by atoms with Crippen molar-refractivity contribution in [2.75, 3.05) is 4.90 Å². The van der Waals surface area contributed by atoms with Gasteiger partial charge in [0.05, 0.1) is 11.3 Å². The number of anilines is 1. The van der Waals surface area contributed by atoms with Crippen LogP contribution in [0.2, 0.25) is 0 Å². The molecule has 35 heavy (non-hydrogen) atoms. The largest absolute Gasteiger partial charge is 0.488 e. The zero-order valence-corrected chi connectivity index (χ0v) is 19.4. The van der Waals surface area contributed by atoms with Crippen LogP contribution in [0.25, 0.3) is 6.08 Å². The van der Waals surface area contributed by atoms with E-state index in [2.05, 4.69) is 21.2 Å². The standard InChI is InChI=1S/C25H16BrFN2O6/c26-17-6-9-21(35-13-14-2-1-3-18(27)10-14)16(11-17)12-20-22(30)28-25(34)29(23(20)31)19-7-4-15(5-8-19)24(32)33/h1-12H,13H2,(H,32,33)(H,28,30,34)/b20-12+. The molecule has 0 aromatic heterocycles. The van der Waals surface area contributed by atoms with Gasteiger partial charge in [-0.15, -0.1) is 0 Å². The van der Waals surface area contributed by atoms with Gasteiger partial charge >= 0.3 is 12.0 Å². The number of aromatic carboxylic acids is 1. The Kier molecular flexibility index (Phi) is 6.74. The molecule has 1 saturated heterocycles. The third kappa shape index (κ3) is 5.28. The lowest BCUT2D eigenvalue weighted by Crippen LogP contribution is -2.54. The molecular weight excluding hydrogens is 523 g/mol. The van der Waals surface area contributed by atoms with E-state index in [1.54, 1.807) is 30.3 Å². The molecule has 8 nitrogen and oxygen atoms in total. The molecule has 0 saturated carbocycles. The third-order valence-corrected chi connectivity index (χ3v) is 5.52. The summed E-state index contributed by atoms with van der Waals surface area (Å²) in [5, 5.41) is 11.2. The van der Waals surface area contributed by atoms with Gasteiger partial charge in [-0.2, -0.15) is 0 Å². The molecule has 0 aliphatic carbocycles. The van der Waals surface area contributed by atoms with Gasteiger partial charge in [-0.3, -0.25) is 14.9 Å². The first-order chi connectivity index (χ1) is 16.7. The van der Waals surface area contributed by atoms with Gasteiger partial charge in [0.25, 0.3) is 11.8 Å². The Morgan fingerprint density at radius 2 is 1.80 bits per heavy atom. The summed E-state index contributed by atoms with van der Waals surface area (Å²) in [5.74, 6) is -3.04. The minimum absolute atomic E-state index is 0.0281. The highest BCUT2D eigenvalue weighted by Gasteiger charge is 2.37. The number of nitrogens with one attached hydrogen (secondary N) is 1. The van der Waals surface area contributed by atoms with E-state index in [1.807, 2.05) is 0 Å². The zero-order valence-electron chi connectivity index (χ0n) is 17.8. The minimum Gasteiger partial charge on any atom is -0.488 e. The number of barbiturate groups is 1. The number of carbonyl (C=O) groups excluding carboxylic acids is 3. The fourth-order valence-electron chi connectivity index (χ4n) is 3.35. The molecule has 1 fully saturated rings. The number of imide groups is 2. The van der Waals surface area contributed by atoms with E-state index in [4.69, 9.17) is 9.84 Å². The first kappa shape index (κ1) is 23.8. The Bertz CT molecular complexity index is 1390. The van der Waals surface area contributed by atoms with Crippen LogP contribution in [0, 0.1) is 5.82 Å². The van der Waals surface area contributed by atoms with E-state index in [0.717, 1.165) is 4.90 Å². The van der Waals surface area contributed by atoms with Gasteiger partial charge in [0.15, 0.2) is 0 Å². The lowest BCUT2D eigenvalue weighted by Gasteiger charge is -2.26. The number of halogens is 2. The topological polar surface area (TPSA) is 113 Å². The van der Waals surface area contributed by atoms with Crippen LogP contribution in [0.15, 0.2) is 76.8 Å². The van der Waals surface area contributed by atoms with Crippen LogP contribution in [0.1, 0.15) is 21.5 Å². The molecular formula is C25H16BrFN2O6. The number of urea groups is 1. The van der Waals surface area contributed by atoms with Gasteiger partial charge in [-0.05, 0) is 66.2 Å². The van der Waals surface area contributed by atoms with Gasteiger partial charge in [-0.1, -0.05) is 28.1 Å². The Hall–Kier alpha value is -4.31. The molecule has 10 heteroatoms. The number of carboxylic acid groups (broad SMARTS) is 1. The molecule has 0 atom stereocenters. The fraction of sp³-hybridized carbons (Fsp3) is 0.0400. The number of ether oxygens (including phenoxy) is 1. The van der Waals surface area contributed by atoms with Crippen LogP contribution in [-0.4, -0.2) is 28.9 Å². The summed E-state index contributed by atoms with van der Waals surface area (Å²) in [6, 6.07) is 14.9. The Morgan fingerprint density at radius 3 is 2.49 bits per heavy atom. The monoisotopic (exact) mass is 538 g/mol. The Morgan fingerprint density at radius 1 is 1.06 bits per heavy atom. The van der Waals surface area contributed by atoms with E-state index in [1.165, 1.54) is 42.5 Å². The summed E-state index contributed by atoms with van der Waals surface area (Å²) < 4.78 is 19.9. The molecule has 0 bridgehead atoms. The summed E-state index contributed by atoms with van der Waals surface area (Å²) >= 11 is 3.34. The second-order valence-corrected chi connectivity index (χ2v) is 8.33. The van der Waals surface area contributed by atoms with Crippen molar-refractivity contribution in [1.29, 1.82) is 0 Å². The lowest BCUT2D eigenvalue weighted by atomic mass is 10.1. The third-order valence-electron chi connectivity index (χ3n) is 5.03. The molecule has 1 aliphatic rings. The van der Waals surface area contributed by atoms with Crippen LogP contribution >= 0.6 is 15.9 Å². The molecule has 0 unspecified atom stereocenters. The predicted octanol–water partition coefficient (Wildman–Crippen LogP) is 4.53. The summed E-state index contributed by atoms with van der Waals surface area (Å²) in [7, 11) is 0. The number of rotatable bonds is 6. The maximum Gasteiger partial charge on any atom is 0.335 e. The molecule has 4 rings (SSSR count). The average Bonchev–Trinajstić information content (AvgIpc) is 2.81. The molecule has 2 N–H and O–H groups in total. The maximum atomic E-state index is 13.5. The van der Waals surface area contributed by atoms with Crippen LogP contribution in [0.5, 0.6) is 5.75 Å². The predicted molar refractivity (Wildman–Crippen MR) is 127 cm³/mol. The van der Waals surface area contributed by atoms with E-state index in [9.17, 15) is 23.6 Å². The quantitative estimate of drug-likeness (QED) is 0.352. The maximum absolute atomic E-state index is 13.5. The van der Waals surface area contributed by atoms with Gasteiger partial charge in [0.2, 0.25) is 0 Å². The molecule has 0 radical (unpaired) electrons. The van der Waals surface area contributed by atoms with Crippen molar-refractivity contribution in [2.24, 2.45) is 0 Å². The van der Waals surface area contributed by atoms with Gasteiger partial charge in [0.1, 0.15) is 23.7 Å². The van der Waals surface area contributed by atoms with Crippen molar-refractivity contribution in [2.45, 2.75) is 6.61 Å². The number of amides is 4. The SMILES string of the molecule is O=C1NC(=O)N(c2ccc(C(=O)O)cc2)C(=O)/C1=C/c1cc(Br)ccc1OCc1cccc(F)c1. The Balaban J connectivity index is 1.66. The van der Waals surface area contributed by atoms with Crippen molar-refractivity contribution in [3.05, 3.63) is 99.3 Å². The van der Waals surface area contributed by atoms with Crippen LogP contribution < -0.4 is 15.0 Å². The second-order valence-electron chi connectivity index (χ2n) is 7.41. The van der Waals surface area contributed by atoms with Crippen molar-refractivity contribution < 1.29 is 33.4 Å². The van der Waals surface area contributed by atoms with Crippen molar-refractivity contribution >= 4 is 51.5 Å². The Labute approximate surface area is 206 Å². The van der Waals surface area contributed by atoms with E-state index in [-0.39, 0.29) is 23.4 Å². The van der Waals surface area contributed by atoms with E-state index in [0.29, 0.717) is 21.3 Å². The highest BCUT2D eigenvalue weighted by molar-refractivity contribution is 9.10. The number of nitrogens with zero attached hydrogens (tertiary/aromatic N) is 1. The van der Waals surface area contributed by atoms with Crippen molar-refractivity contribution in [3.63, 3.8) is 0 Å². The normalized spacial score (nSPS) is 14.7. The van der Waals surface area contributed by atoms with Gasteiger partial charge < -0.3 is 9.84 Å². The smallest absolute Gasteiger partial charge is 0.335 e.